The van der Waals surface area contributed by atoms with Gasteiger partial charge in [-0.2, -0.15) is 5.10 Å². The lowest BCUT2D eigenvalue weighted by molar-refractivity contribution is 0.0687. The average Bonchev–Trinajstić information content (AvgIpc) is 3.38. The minimum Gasteiger partial charge on any atom is -0.496 e. The fourth-order valence-electron chi connectivity index (χ4n) is 5.01. The molecule has 0 radical (unpaired) electrons. The summed E-state index contributed by atoms with van der Waals surface area (Å²) in [7, 11) is 5.13. The Labute approximate surface area is 211 Å². The monoisotopic (exact) mass is 488 g/mol. The molecule has 2 fully saturated rings. The van der Waals surface area contributed by atoms with E-state index in [0.717, 1.165) is 23.2 Å². The van der Waals surface area contributed by atoms with E-state index in [1.807, 2.05) is 48.3 Å². The van der Waals surface area contributed by atoms with Crippen molar-refractivity contribution in [2.45, 2.75) is 31.4 Å². The number of methoxy groups -OCH3 is 2. The Hall–Kier alpha value is -3.65. The summed E-state index contributed by atoms with van der Waals surface area (Å²) in [6.07, 6.45) is 6.49. The molecule has 36 heavy (non-hydrogen) atoms. The van der Waals surface area contributed by atoms with Crippen LogP contribution >= 0.6 is 0 Å². The summed E-state index contributed by atoms with van der Waals surface area (Å²) < 4.78 is 11.2. The van der Waals surface area contributed by atoms with Crippen molar-refractivity contribution < 1.29 is 19.1 Å². The first-order valence-corrected chi connectivity index (χ1v) is 12.3. The number of carbonyl (C=O) groups excluding carboxylic acids is 2. The Morgan fingerprint density at radius 2 is 1.97 bits per heavy atom. The molecule has 0 spiro atoms. The van der Waals surface area contributed by atoms with Gasteiger partial charge in [0.1, 0.15) is 5.75 Å². The maximum Gasteiger partial charge on any atom is 0.254 e. The maximum atomic E-state index is 13.7. The fraction of sp³-hybridized carbons (Fsp3) is 0.393. The van der Waals surface area contributed by atoms with Gasteiger partial charge in [0.2, 0.25) is 0 Å². The summed E-state index contributed by atoms with van der Waals surface area (Å²) in [4.78, 5) is 30.4. The van der Waals surface area contributed by atoms with Gasteiger partial charge in [0.05, 0.1) is 25.5 Å². The molecule has 8 heteroatoms. The molecule has 2 atom stereocenters. The van der Waals surface area contributed by atoms with Crippen LogP contribution in [0, 0.1) is 5.92 Å². The summed E-state index contributed by atoms with van der Waals surface area (Å²) in [5.41, 5.74) is 3.87. The van der Waals surface area contributed by atoms with E-state index in [-0.39, 0.29) is 24.0 Å². The number of H-pyrrole nitrogens is 1. The van der Waals surface area contributed by atoms with Crippen LogP contribution in [0.2, 0.25) is 0 Å². The van der Waals surface area contributed by atoms with Crippen molar-refractivity contribution in [2.24, 2.45) is 5.92 Å². The number of hydrogen-bond donors (Lipinski definition) is 1. The van der Waals surface area contributed by atoms with E-state index in [0.29, 0.717) is 35.8 Å². The Balaban J connectivity index is 1.41. The molecule has 1 aliphatic heterocycles. The molecule has 1 unspecified atom stereocenters. The molecule has 1 N–H and O–H groups in total. The van der Waals surface area contributed by atoms with Gasteiger partial charge in [0.25, 0.3) is 11.8 Å². The van der Waals surface area contributed by atoms with Crippen molar-refractivity contribution in [1.82, 2.24) is 20.0 Å². The standard InChI is InChI=1S/C28H32N4O4/c1-31(16-18-7-8-18)27(33)20-6-4-5-19(11-20)25-13-23(35-2)17-32(25)28(34)21-9-10-24(26(12-21)36-3)22-14-29-30-15-22/h4-6,9-12,14-15,18,23,25H,7-8,13,16-17H2,1-3H3,(H,29,30)/t23?,25-/m1/s1. The topological polar surface area (TPSA) is 87.8 Å². The number of nitrogens with zero attached hydrogens (tertiary/aromatic N) is 3. The fourth-order valence-corrected chi connectivity index (χ4v) is 5.01. The first-order chi connectivity index (χ1) is 17.5. The van der Waals surface area contributed by atoms with E-state index >= 15 is 0 Å². The molecule has 8 nitrogen and oxygen atoms in total. The molecule has 2 heterocycles. The number of likely N-dealkylation sites (tertiary alicyclic amines) is 1. The molecule has 2 aliphatic rings. The van der Waals surface area contributed by atoms with Crippen LogP contribution in [0.3, 0.4) is 0 Å². The number of amides is 2. The molecule has 188 valence electrons. The zero-order valence-electron chi connectivity index (χ0n) is 20.9. The van der Waals surface area contributed by atoms with Crippen LogP contribution in [-0.2, 0) is 4.74 Å². The minimum absolute atomic E-state index is 0.0162. The van der Waals surface area contributed by atoms with Crippen LogP contribution in [0.25, 0.3) is 11.1 Å². The van der Waals surface area contributed by atoms with Crippen LogP contribution in [0.4, 0.5) is 0 Å². The summed E-state index contributed by atoms with van der Waals surface area (Å²) in [5.74, 6) is 1.15. The number of carbonyl (C=O) groups is 2. The van der Waals surface area contributed by atoms with E-state index in [4.69, 9.17) is 9.47 Å². The molecule has 5 rings (SSSR count). The van der Waals surface area contributed by atoms with Crippen LogP contribution in [0.1, 0.15) is 51.6 Å². The Kier molecular flexibility index (Phi) is 6.78. The molecule has 1 aromatic heterocycles. The van der Waals surface area contributed by atoms with Gasteiger partial charge in [-0.3, -0.25) is 14.7 Å². The van der Waals surface area contributed by atoms with Crippen molar-refractivity contribution in [3.8, 4) is 16.9 Å². The Morgan fingerprint density at radius 3 is 2.67 bits per heavy atom. The first kappa shape index (κ1) is 24.1. The van der Waals surface area contributed by atoms with Gasteiger partial charge in [0, 0.05) is 55.7 Å². The molecule has 1 saturated carbocycles. The number of hydrogen-bond acceptors (Lipinski definition) is 5. The van der Waals surface area contributed by atoms with E-state index in [2.05, 4.69) is 10.2 Å². The van der Waals surface area contributed by atoms with Gasteiger partial charge in [-0.25, -0.2) is 0 Å². The molecule has 1 aliphatic carbocycles. The van der Waals surface area contributed by atoms with E-state index < -0.39 is 0 Å². The normalized spacial score (nSPS) is 19.4. The summed E-state index contributed by atoms with van der Waals surface area (Å²) >= 11 is 0. The molecule has 2 aromatic carbocycles. The Bertz CT molecular complexity index is 1240. The van der Waals surface area contributed by atoms with Crippen LogP contribution in [0.15, 0.2) is 54.9 Å². The minimum atomic E-state index is -0.191. The third-order valence-corrected chi connectivity index (χ3v) is 7.21. The van der Waals surface area contributed by atoms with Gasteiger partial charge < -0.3 is 19.3 Å². The van der Waals surface area contributed by atoms with Gasteiger partial charge in [-0.1, -0.05) is 12.1 Å². The van der Waals surface area contributed by atoms with Gasteiger partial charge in [0.15, 0.2) is 0 Å². The highest BCUT2D eigenvalue weighted by Crippen LogP contribution is 2.37. The van der Waals surface area contributed by atoms with Gasteiger partial charge in [-0.05, 0) is 61.1 Å². The molecular formula is C28H32N4O4. The first-order valence-electron chi connectivity index (χ1n) is 12.3. The van der Waals surface area contributed by atoms with Gasteiger partial charge >= 0.3 is 0 Å². The molecular weight excluding hydrogens is 456 g/mol. The Morgan fingerprint density at radius 1 is 1.14 bits per heavy atom. The smallest absolute Gasteiger partial charge is 0.254 e. The second kappa shape index (κ2) is 10.1. The van der Waals surface area contributed by atoms with Crippen molar-refractivity contribution in [1.29, 1.82) is 0 Å². The average molecular weight is 489 g/mol. The van der Waals surface area contributed by atoms with E-state index in [9.17, 15) is 9.59 Å². The van der Waals surface area contributed by atoms with Gasteiger partial charge in [-0.15, -0.1) is 0 Å². The third-order valence-electron chi connectivity index (χ3n) is 7.21. The number of ether oxygens (including phenoxy) is 2. The lowest BCUT2D eigenvalue weighted by Crippen LogP contribution is -2.32. The summed E-state index contributed by atoms with van der Waals surface area (Å²) in [6.45, 7) is 1.27. The number of nitrogens with one attached hydrogen (secondary N) is 1. The molecule has 2 amide bonds. The number of aromatic amines is 1. The number of rotatable bonds is 8. The highest BCUT2D eigenvalue weighted by molar-refractivity contribution is 5.96. The van der Waals surface area contributed by atoms with Crippen molar-refractivity contribution in [3.63, 3.8) is 0 Å². The predicted molar refractivity (Wildman–Crippen MR) is 136 cm³/mol. The largest absolute Gasteiger partial charge is 0.496 e. The highest BCUT2D eigenvalue weighted by atomic mass is 16.5. The predicted octanol–water partition coefficient (Wildman–Crippen LogP) is 4.17. The van der Waals surface area contributed by atoms with Crippen molar-refractivity contribution in [2.75, 3.05) is 34.4 Å². The maximum absolute atomic E-state index is 13.7. The van der Waals surface area contributed by atoms with E-state index in [1.54, 1.807) is 37.6 Å². The lowest BCUT2D eigenvalue weighted by atomic mass is 10.00. The third kappa shape index (κ3) is 4.86. The quantitative estimate of drug-likeness (QED) is 0.514. The van der Waals surface area contributed by atoms with Crippen LogP contribution in [-0.4, -0.2) is 72.3 Å². The van der Waals surface area contributed by atoms with Crippen molar-refractivity contribution in [3.05, 3.63) is 71.5 Å². The summed E-state index contributed by atoms with van der Waals surface area (Å²) in [5, 5.41) is 6.81. The van der Waals surface area contributed by atoms with Crippen LogP contribution in [0.5, 0.6) is 5.75 Å². The highest BCUT2D eigenvalue weighted by Gasteiger charge is 2.37. The molecule has 0 bridgehead atoms. The summed E-state index contributed by atoms with van der Waals surface area (Å²) in [6, 6.07) is 12.9. The second-order valence-electron chi connectivity index (χ2n) is 9.72. The number of benzene rings is 2. The zero-order chi connectivity index (χ0) is 25.2. The number of aromatic nitrogens is 2. The zero-order valence-corrected chi connectivity index (χ0v) is 20.9. The van der Waals surface area contributed by atoms with E-state index in [1.165, 1.54) is 12.8 Å². The SMILES string of the molecule is COc1cc(C(=O)N2CC(OC)C[C@@H]2c2cccc(C(=O)N(C)CC3CC3)c2)ccc1-c1cn[nH]c1. The van der Waals surface area contributed by atoms with Crippen molar-refractivity contribution >= 4 is 11.8 Å². The lowest BCUT2D eigenvalue weighted by Gasteiger charge is -2.26. The molecule has 1 saturated heterocycles. The second-order valence-corrected chi connectivity index (χ2v) is 9.72. The van der Waals surface area contributed by atoms with Crippen LogP contribution < -0.4 is 4.74 Å². The molecule has 3 aromatic rings.